The number of hydrogen-bond donors (Lipinski definition) is 1. The van der Waals surface area contributed by atoms with E-state index in [1.165, 1.54) is 18.9 Å². The van der Waals surface area contributed by atoms with Crippen molar-refractivity contribution in [3.8, 4) is 0 Å². The van der Waals surface area contributed by atoms with Crippen LogP contribution in [-0.2, 0) is 0 Å². The third kappa shape index (κ3) is 3.36. The Morgan fingerprint density at radius 1 is 1.11 bits per heavy atom. The number of halogens is 1. The average Bonchev–Trinajstić information content (AvgIpc) is 2.41. The van der Waals surface area contributed by atoms with Gasteiger partial charge in [-0.3, -0.25) is 0 Å². The molecule has 1 atom stereocenters. The molecule has 0 spiro atoms. The van der Waals surface area contributed by atoms with Gasteiger partial charge in [0, 0.05) is 0 Å². The SMILES string of the molecule is Cc1ccc(C(O)C2CCC(C(C)C)CC2)cc1F. The first-order valence-electron chi connectivity index (χ1n) is 7.43. The molecule has 0 amide bonds. The normalized spacial score (nSPS) is 25.6. The second-order valence-electron chi connectivity index (χ2n) is 6.37. The highest BCUT2D eigenvalue weighted by Crippen LogP contribution is 2.39. The second kappa shape index (κ2) is 6.04. The Balaban J connectivity index is 2.01. The van der Waals surface area contributed by atoms with E-state index in [2.05, 4.69) is 13.8 Å². The molecule has 0 heterocycles. The smallest absolute Gasteiger partial charge is 0.126 e. The van der Waals surface area contributed by atoms with Gasteiger partial charge in [0.1, 0.15) is 5.82 Å². The van der Waals surface area contributed by atoms with Crippen molar-refractivity contribution in [2.45, 2.75) is 52.6 Å². The number of rotatable bonds is 3. The van der Waals surface area contributed by atoms with Gasteiger partial charge in [0.15, 0.2) is 0 Å². The van der Waals surface area contributed by atoms with Crippen LogP contribution in [0.4, 0.5) is 4.39 Å². The van der Waals surface area contributed by atoms with Gasteiger partial charge in [-0.15, -0.1) is 0 Å². The quantitative estimate of drug-likeness (QED) is 0.844. The van der Waals surface area contributed by atoms with Crippen LogP contribution < -0.4 is 0 Å². The molecule has 106 valence electrons. The summed E-state index contributed by atoms with van der Waals surface area (Å²) in [4.78, 5) is 0. The first-order chi connectivity index (χ1) is 8.99. The van der Waals surface area contributed by atoms with Crippen molar-refractivity contribution in [1.29, 1.82) is 0 Å². The molecule has 1 aromatic rings. The topological polar surface area (TPSA) is 20.2 Å². The van der Waals surface area contributed by atoms with Gasteiger partial charge in [0.25, 0.3) is 0 Å². The van der Waals surface area contributed by atoms with E-state index in [1.807, 2.05) is 6.07 Å². The molecule has 0 bridgehead atoms. The minimum atomic E-state index is -0.511. The van der Waals surface area contributed by atoms with Gasteiger partial charge in [-0.1, -0.05) is 26.0 Å². The fourth-order valence-corrected chi connectivity index (χ4v) is 3.19. The highest BCUT2D eigenvalue weighted by atomic mass is 19.1. The maximum absolute atomic E-state index is 13.6. The molecule has 2 heteroatoms. The van der Waals surface area contributed by atoms with Crippen molar-refractivity contribution in [3.05, 3.63) is 35.1 Å². The third-order valence-corrected chi connectivity index (χ3v) is 4.74. The van der Waals surface area contributed by atoms with E-state index in [4.69, 9.17) is 0 Å². The summed E-state index contributed by atoms with van der Waals surface area (Å²) in [5, 5.41) is 10.4. The van der Waals surface area contributed by atoms with Gasteiger partial charge in [-0.2, -0.15) is 0 Å². The number of aliphatic hydroxyl groups is 1. The van der Waals surface area contributed by atoms with E-state index in [9.17, 15) is 9.50 Å². The number of benzene rings is 1. The van der Waals surface area contributed by atoms with Gasteiger partial charge in [0.2, 0.25) is 0 Å². The zero-order chi connectivity index (χ0) is 14.0. The van der Waals surface area contributed by atoms with Crippen molar-refractivity contribution in [2.24, 2.45) is 17.8 Å². The van der Waals surface area contributed by atoms with E-state index in [0.29, 0.717) is 5.56 Å². The number of aliphatic hydroxyl groups excluding tert-OH is 1. The van der Waals surface area contributed by atoms with Gasteiger partial charge in [0.05, 0.1) is 6.10 Å². The highest BCUT2D eigenvalue weighted by Gasteiger charge is 2.28. The Morgan fingerprint density at radius 3 is 2.21 bits per heavy atom. The van der Waals surface area contributed by atoms with Crippen LogP contribution in [0.2, 0.25) is 0 Å². The molecule has 0 aromatic heterocycles. The predicted octanol–water partition coefficient (Wildman–Crippen LogP) is 4.63. The molecule has 1 fully saturated rings. The lowest BCUT2D eigenvalue weighted by molar-refractivity contribution is 0.0666. The standard InChI is InChI=1S/C17H25FO/c1-11(2)13-6-8-14(9-7-13)17(19)15-5-4-12(3)16(18)10-15/h4-5,10-11,13-14,17,19H,6-9H2,1-3H3. The molecule has 0 radical (unpaired) electrons. The Bertz CT molecular complexity index is 419. The Kier molecular flexibility index (Phi) is 4.62. The lowest BCUT2D eigenvalue weighted by atomic mass is 9.74. The van der Waals surface area contributed by atoms with Gasteiger partial charge in [-0.05, 0) is 67.6 Å². The molecular formula is C17H25FO. The van der Waals surface area contributed by atoms with E-state index in [-0.39, 0.29) is 11.7 Å². The van der Waals surface area contributed by atoms with Gasteiger partial charge in [-0.25, -0.2) is 4.39 Å². The van der Waals surface area contributed by atoms with E-state index in [0.717, 1.165) is 30.2 Å². The minimum absolute atomic E-state index is 0.215. The van der Waals surface area contributed by atoms with Crippen molar-refractivity contribution >= 4 is 0 Å². The lowest BCUT2D eigenvalue weighted by Gasteiger charge is -2.33. The molecule has 1 saturated carbocycles. The van der Waals surface area contributed by atoms with Crippen LogP contribution in [-0.4, -0.2) is 5.11 Å². The van der Waals surface area contributed by atoms with Crippen LogP contribution in [0, 0.1) is 30.5 Å². The fourth-order valence-electron chi connectivity index (χ4n) is 3.19. The monoisotopic (exact) mass is 264 g/mol. The van der Waals surface area contributed by atoms with Crippen LogP contribution in [0.5, 0.6) is 0 Å². The van der Waals surface area contributed by atoms with Crippen molar-refractivity contribution in [1.82, 2.24) is 0 Å². The molecule has 1 nitrogen and oxygen atoms in total. The molecule has 2 rings (SSSR count). The number of aryl methyl sites for hydroxylation is 1. The summed E-state index contributed by atoms with van der Waals surface area (Å²) in [6, 6.07) is 5.11. The zero-order valence-corrected chi connectivity index (χ0v) is 12.2. The Morgan fingerprint density at radius 2 is 1.68 bits per heavy atom. The van der Waals surface area contributed by atoms with Crippen LogP contribution in [0.25, 0.3) is 0 Å². The fraction of sp³-hybridized carbons (Fsp3) is 0.647. The summed E-state index contributed by atoms with van der Waals surface area (Å²) < 4.78 is 13.6. The molecule has 1 aliphatic rings. The van der Waals surface area contributed by atoms with Crippen molar-refractivity contribution in [3.63, 3.8) is 0 Å². The summed E-state index contributed by atoms with van der Waals surface area (Å²) in [5.74, 6) is 1.60. The van der Waals surface area contributed by atoms with Gasteiger partial charge >= 0.3 is 0 Å². The van der Waals surface area contributed by atoms with Crippen molar-refractivity contribution < 1.29 is 9.50 Å². The van der Waals surface area contributed by atoms with Crippen molar-refractivity contribution in [2.75, 3.05) is 0 Å². The average molecular weight is 264 g/mol. The van der Waals surface area contributed by atoms with E-state index >= 15 is 0 Å². The molecule has 1 aliphatic carbocycles. The molecule has 0 saturated heterocycles. The maximum Gasteiger partial charge on any atom is 0.126 e. The van der Waals surface area contributed by atoms with Crippen LogP contribution in [0.3, 0.4) is 0 Å². The minimum Gasteiger partial charge on any atom is -0.388 e. The molecule has 19 heavy (non-hydrogen) atoms. The van der Waals surface area contributed by atoms with Crippen LogP contribution in [0.15, 0.2) is 18.2 Å². The summed E-state index contributed by atoms with van der Waals surface area (Å²) in [6.07, 6.45) is 3.98. The lowest BCUT2D eigenvalue weighted by Crippen LogP contribution is -2.23. The third-order valence-electron chi connectivity index (χ3n) is 4.74. The molecule has 1 aromatic carbocycles. The zero-order valence-electron chi connectivity index (χ0n) is 12.2. The largest absolute Gasteiger partial charge is 0.388 e. The summed E-state index contributed by atoms with van der Waals surface area (Å²) in [6.45, 7) is 6.30. The van der Waals surface area contributed by atoms with Gasteiger partial charge < -0.3 is 5.11 Å². The Labute approximate surface area is 115 Å². The first-order valence-corrected chi connectivity index (χ1v) is 7.43. The summed E-state index contributed by atoms with van der Waals surface area (Å²) >= 11 is 0. The first kappa shape index (κ1) is 14.5. The van der Waals surface area contributed by atoms with Crippen LogP contribution in [0.1, 0.15) is 56.8 Å². The highest BCUT2D eigenvalue weighted by molar-refractivity contribution is 5.25. The number of hydrogen-bond acceptors (Lipinski definition) is 1. The molecule has 1 unspecified atom stereocenters. The summed E-state index contributed by atoms with van der Waals surface area (Å²) in [5.41, 5.74) is 1.37. The second-order valence-corrected chi connectivity index (χ2v) is 6.37. The Hall–Kier alpha value is -0.890. The van der Waals surface area contributed by atoms with Crippen LogP contribution >= 0.6 is 0 Å². The molecule has 1 N–H and O–H groups in total. The predicted molar refractivity (Wildman–Crippen MR) is 76.4 cm³/mol. The maximum atomic E-state index is 13.6. The van der Waals surface area contributed by atoms with E-state index in [1.54, 1.807) is 13.0 Å². The molecular weight excluding hydrogens is 239 g/mol. The van der Waals surface area contributed by atoms with E-state index < -0.39 is 6.10 Å². The molecule has 0 aliphatic heterocycles. The summed E-state index contributed by atoms with van der Waals surface area (Å²) in [7, 11) is 0.